The van der Waals surface area contributed by atoms with Crippen molar-refractivity contribution in [3.8, 4) is 5.75 Å². The number of carbonyl (C=O) groups excluding carboxylic acids is 2. The number of anilines is 1. The van der Waals surface area contributed by atoms with Crippen LogP contribution in [-0.2, 0) is 19.6 Å². The quantitative estimate of drug-likeness (QED) is 0.382. The van der Waals surface area contributed by atoms with Crippen LogP contribution >= 0.6 is 0 Å². The molecule has 1 N–H and O–H groups in total. The van der Waals surface area contributed by atoms with Gasteiger partial charge in [0.25, 0.3) is 0 Å². The van der Waals surface area contributed by atoms with Crippen molar-refractivity contribution in [2.75, 3.05) is 17.6 Å². The van der Waals surface area contributed by atoms with E-state index in [0.29, 0.717) is 17.9 Å². The van der Waals surface area contributed by atoms with Crippen LogP contribution < -0.4 is 9.46 Å². The maximum absolute atomic E-state index is 12.4. The molecule has 7 nitrogen and oxygen atoms in total. The molecule has 0 saturated heterocycles. The van der Waals surface area contributed by atoms with Gasteiger partial charge in [0.15, 0.2) is 6.10 Å². The van der Waals surface area contributed by atoms with Crippen molar-refractivity contribution >= 4 is 33.5 Å². The zero-order valence-corrected chi connectivity index (χ0v) is 17.2. The maximum Gasteiger partial charge on any atom is 0.331 e. The SMILES string of the molecule is CCOc1ccc(/C=C/C(=O)O[C@H](C)C(=O)c2ccc(NS(C)(=O)=O)cc2)cc1. The predicted octanol–water partition coefficient (Wildman–Crippen LogP) is 3.28. The molecule has 0 amide bonds. The Hall–Kier alpha value is -3.13. The van der Waals surface area contributed by atoms with Gasteiger partial charge in [0.1, 0.15) is 5.75 Å². The minimum atomic E-state index is -3.40. The molecule has 0 saturated carbocycles. The summed E-state index contributed by atoms with van der Waals surface area (Å²) in [5.41, 5.74) is 1.44. The third kappa shape index (κ3) is 7.42. The van der Waals surface area contributed by atoms with E-state index in [4.69, 9.17) is 9.47 Å². The zero-order valence-electron chi connectivity index (χ0n) is 16.4. The summed E-state index contributed by atoms with van der Waals surface area (Å²) in [4.78, 5) is 24.4. The molecule has 0 spiro atoms. The van der Waals surface area contributed by atoms with Crippen LogP contribution in [0.5, 0.6) is 5.75 Å². The van der Waals surface area contributed by atoms with Crippen molar-refractivity contribution in [3.63, 3.8) is 0 Å². The fourth-order valence-corrected chi connectivity index (χ4v) is 2.99. The number of ketones is 1. The molecule has 0 fully saturated rings. The van der Waals surface area contributed by atoms with Gasteiger partial charge in [0, 0.05) is 17.3 Å². The van der Waals surface area contributed by atoms with E-state index in [0.717, 1.165) is 17.6 Å². The molecule has 29 heavy (non-hydrogen) atoms. The smallest absolute Gasteiger partial charge is 0.331 e. The molecule has 2 rings (SSSR count). The van der Waals surface area contributed by atoms with Crippen molar-refractivity contribution < 1.29 is 27.5 Å². The summed E-state index contributed by atoms with van der Waals surface area (Å²) in [5, 5.41) is 0. The van der Waals surface area contributed by atoms with Crippen molar-refractivity contribution in [1.82, 2.24) is 0 Å². The number of Topliss-reactive ketones (excluding diaryl/α,β-unsaturated/α-hetero) is 1. The van der Waals surface area contributed by atoms with Crippen LogP contribution in [0.4, 0.5) is 5.69 Å². The van der Waals surface area contributed by atoms with Gasteiger partial charge >= 0.3 is 5.97 Å². The maximum atomic E-state index is 12.4. The highest BCUT2D eigenvalue weighted by Gasteiger charge is 2.18. The third-order valence-electron chi connectivity index (χ3n) is 3.74. The van der Waals surface area contributed by atoms with Crippen LogP contribution in [0.1, 0.15) is 29.8 Å². The Labute approximate surface area is 170 Å². The molecule has 0 aliphatic carbocycles. The van der Waals surface area contributed by atoms with Gasteiger partial charge in [-0.05, 0) is 61.9 Å². The Kier molecular flexibility index (Phi) is 7.55. The van der Waals surface area contributed by atoms with Gasteiger partial charge in [-0.1, -0.05) is 12.1 Å². The first-order valence-electron chi connectivity index (χ1n) is 8.91. The first kappa shape index (κ1) is 22.2. The minimum absolute atomic E-state index is 0.305. The molecule has 1 atom stereocenters. The summed E-state index contributed by atoms with van der Waals surface area (Å²) in [6, 6.07) is 13.1. The van der Waals surface area contributed by atoms with E-state index < -0.39 is 27.9 Å². The van der Waals surface area contributed by atoms with Gasteiger partial charge in [0.2, 0.25) is 15.8 Å². The lowest BCUT2D eigenvalue weighted by atomic mass is 10.1. The Balaban J connectivity index is 1.93. The van der Waals surface area contributed by atoms with Crippen LogP contribution in [-0.4, -0.2) is 39.1 Å². The van der Waals surface area contributed by atoms with E-state index in [1.54, 1.807) is 30.3 Å². The number of esters is 1. The highest BCUT2D eigenvalue weighted by Crippen LogP contribution is 2.15. The zero-order chi connectivity index (χ0) is 21.4. The molecule has 0 aromatic heterocycles. The van der Waals surface area contributed by atoms with Crippen LogP contribution in [0.15, 0.2) is 54.6 Å². The van der Waals surface area contributed by atoms with Crippen molar-refractivity contribution in [2.45, 2.75) is 20.0 Å². The van der Waals surface area contributed by atoms with Gasteiger partial charge in [0.05, 0.1) is 12.9 Å². The Bertz CT molecular complexity index is 979. The van der Waals surface area contributed by atoms with E-state index in [-0.39, 0.29) is 0 Å². The summed E-state index contributed by atoms with van der Waals surface area (Å²) in [5.74, 6) is -0.293. The first-order valence-corrected chi connectivity index (χ1v) is 10.8. The first-order chi connectivity index (χ1) is 13.7. The van der Waals surface area contributed by atoms with Gasteiger partial charge in [-0.3, -0.25) is 9.52 Å². The van der Waals surface area contributed by atoms with Crippen LogP contribution in [0.2, 0.25) is 0 Å². The number of nitrogens with one attached hydrogen (secondary N) is 1. The Morgan fingerprint density at radius 2 is 1.69 bits per heavy atom. The number of benzene rings is 2. The van der Waals surface area contributed by atoms with Gasteiger partial charge in [-0.25, -0.2) is 13.2 Å². The van der Waals surface area contributed by atoms with Gasteiger partial charge in [-0.2, -0.15) is 0 Å². The summed E-state index contributed by atoms with van der Waals surface area (Å²) in [6.07, 6.45) is 2.88. The fourth-order valence-electron chi connectivity index (χ4n) is 2.42. The largest absolute Gasteiger partial charge is 0.494 e. The van der Waals surface area contributed by atoms with Crippen LogP contribution in [0.25, 0.3) is 6.08 Å². The average Bonchev–Trinajstić information content (AvgIpc) is 2.66. The van der Waals surface area contributed by atoms with Crippen molar-refractivity contribution in [3.05, 3.63) is 65.7 Å². The van der Waals surface area contributed by atoms with Crippen molar-refractivity contribution in [1.29, 1.82) is 0 Å². The van der Waals surface area contributed by atoms with Crippen LogP contribution in [0, 0.1) is 0 Å². The highest BCUT2D eigenvalue weighted by atomic mass is 32.2. The van der Waals surface area contributed by atoms with E-state index in [9.17, 15) is 18.0 Å². The van der Waals surface area contributed by atoms with Crippen LogP contribution in [0.3, 0.4) is 0 Å². The molecule has 2 aromatic carbocycles. The molecule has 0 bridgehead atoms. The van der Waals surface area contributed by atoms with Gasteiger partial charge in [-0.15, -0.1) is 0 Å². The summed E-state index contributed by atoms with van der Waals surface area (Å²) >= 11 is 0. The van der Waals surface area contributed by atoms with Crippen molar-refractivity contribution in [2.24, 2.45) is 0 Å². The number of sulfonamides is 1. The van der Waals surface area contributed by atoms with E-state index in [2.05, 4.69) is 4.72 Å². The second-order valence-corrected chi connectivity index (χ2v) is 7.98. The summed E-state index contributed by atoms with van der Waals surface area (Å²) in [7, 11) is -3.40. The lowest BCUT2D eigenvalue weighted by Crippen LogP contribution is -2.23. The molecule has 154 valence electrons. The molecule has 0 radical (unpaired) electrons. The monoisotopic (exact) mass is 417 g/mol. The summed E-state index contributed by atoms with van der Waals surface area (Å²) < 4.78 is 35.2. The highest BCUT2D eigenvalue weighted by molar-refractivity contribution is 7.92. The molecular formula is C21H23NO6S. The molecule has 0 heterocycles. The lowest BCUT2D eigenvalue weighted by molar-refractivity contribution is -0.140. The minimum Gasteiger partial charge on any atom is -0.494 e. The van der Waals surface area contributed by atoms with E-state index in [1.807, 2.05) is 6.92 Å². The van der Waals surface area contributed by atoms with E-state index in [1.165, 1.54) is 37.3 Å². The second kappa shape index (κ2) is 9.88. The normalized spacial score (nSPS) is 12.4. The van der Waals surface area contributed by atoms with Gasteiger partial charge < -0.3 is 9.47 Å². The molecule has 2 aromatic rings. The second-order valence-electron chi connectivity index (χ2n) is 6.23. The average molecular weight is 417 g/mol. The standard InChI is InChI=1S/C21H23NO6S/c1-4-27-19-12-5-16(6-13-19)7-14-20(23)28-15(2)21(24)17-8-10-18(11-9-17)22-29(3,25)26/h5-15,22H,4H2,1-3H3/b14-7+/t15-/m1/s1. The third-order valence-corrected chi connectivity index (χ3v) is 4.34. The van der Waals surface area contributed by atoms with E-state index >= 15 is 0 Å². The number of hydrogen-bond donors (Lipinski definition) is 1. The molecule has 0 aliphatic heterocycles. The number of hydrogen-bond acceptors (Lipinski definition) is 6. The molecular weight excluding hydrogens is 394 g/mol. The predicted molar refractivity (Wildman–Crippen MR) is 111 cm³/mol. The molecule has 0 unspecified atom stereocenters. The molecule has 8 heteroatoms. The Morgan fingerprint density at radius 3 is 2.24 bits per heavy atom. The Morgan fingerprint density at radius 1 is 1.07 bits per heavy atom. The number of carbonyl (C=O) groups is 2. The number of ether oxygens (including phenoxy) is 2. The topological polar surface area (TPSA) is 98.8 Å². The summed E-state index contributed by atoms with van der Waals surface area (Å²) in [6.45, 7) is 3.95. The lowest BCUT2D eigenvalue weighted by Gasteiger charge is -2.11. The molecule has 0 aliphatic rings. The number of rotatable bonds is 9. The fraction of sp³-hybridized carbons (Fsp3) is 0.238.